The van der Waals surface area contributed by atoms with Crippen molar-refractivity contribution in [2.45, 2.75) is 38.7 Å². The topological polar surface area (TPSA) is 47.6 Å². The zero-order valence-electron chi connectivity index (χ0n) is 14.0. The van der Waals surface area contributed by atoms with Crippen LogP contribution in [0.1, 0.15) is 31.2 Å². The second kappa shape index (κ2) is 7.97. The number of amides is 1. The highest BCUT2D eigenvalue weighted by Gasteiger charge is 2.16. The van der Waals surface area contributed by atoms with E-state index in [1.165, 1.54) is 0 Å². The van der Waals surface area contributed by atoms with Gasteiger partial charge in [0.05, 0.1) is 6.10 Å². The summed E-state index contributed by atoms with van der Waals surface area (Å²) in [7, 11) is 0. The van der Waals surface area contributed by atoms with Gasteiger partial charge in [0.25, 0.3) is 0 Å². The van der Waals surface area contributed by atoms with Gasteiger partial charge in [-0.25, -0.2) is 0 Å². The minimum Gasteiger partial charge on any atom is -0.457 e. The van der Waals surface area contributed by atoms with E-state index in [4.69, 9.17) is 9.47 Å². The lowest BCUT2D eigenvalue weighted by molar-refractivity contribution is -0.116. The zero-order chi connectivity index (χ0) is 16.8. The van der Waals surface area contributed by atoms with Crippen LogP contribution in [0.15, 0.2) is 48.5 Å². The second-order valence-electron chi connectivity index (χ2n) is 6.16. The number of aryl methyl sites for hydroxylation is 1. The number of ether oxygens (including phenoxy) is 2. The third-order valence-electron chi connectivity index (χ3n) is 4.08. The Morgan fingerprint density at radius 1 is 1.21 bits per heavy atom. The van der Waals surface area contributed by atoms with Crippen LogP contribution in [0.4, 0.5) is 5.69 Å². The summed E-state index contributed by atoms with van der Waals surface area (Å²) in [6.07, 6.45) is 3.71. The van der Waals surface area contributed by atoms with E-state index in [2.05, 4.69) is 5.32 Å². The van der Waals surface area contributed by atoms with E-state index in [0.717, 1.165) is 48.6 Å². The highest BCUT2D eigenvalue weighted by atomic mass is 16.5. The Hall–Kier alpha value is -2.33. The number of carbonyl (C=O) groups excluding carboxylic acids is 1. The molecule has 0 radical (unpaired) electrons. The molecule has 4 nitrogen and oxygen atoms in total. The quantitative estimate of drug-likeness (QED) is 0.838. The number of hydrogen-bond acceptors (Lipinski definition) is 3. The molecule has 24 heavy (non-hydrogen) atoms. The van der Waals surface area contributed by atoms with Crippen LogP contribution in [0, 0.1) is 6.92 Å². The summed E-state index contributed by atoms with van der Waals surface area (Å²) in [5.74, 6) is 1.58. The molecular weight excluding hydrogens is 302 g/mol. The number of anilines is 1. The molecule has 1 fully saturated rings. The first-order chi connectivity index (χ1) is 11.7. The second-order valence-corrected chi connectivity index (χ2v) is 6.16. The molecule has 1 N–H and O–H groups in total. The first kappa shape index (κ1) is 16.5. The van der Waals surface area contributed by atoms with Crippen LogP contribution >= 0.6 is 0 Å². The van der Waals surface area contributed by atoms with Crippen LogP contribution in [0.3, 0.4) is 0 Å². The van der Waals surface area contributed by atoms with Gasteiger partial charge in [-0.2, -0.15) is 0 Å². The van der Waals surface area contributed by atoms with E-state index in [0.29, 0.717) is 6.42 Å². The smallest absolute Gasteiger partial charge is 0.224 e. The number of carbonyl (C=O) groups is 1. The number of nitrogens with one attached hydrogen (secondary N) is 1. The lowest BCUT2D eigenvalue weighted by atomic mass is 10.1. The highest BCUT2D eigenvalue weighted by molar-refractivity contribution is 5.90. The van der Waals surface area contributed by atoms with Crippen LogP contribution in [-0.4, -0.2) is 18.6 Å². The van der Waals surface area contributed by atoms with Gasteiger partial charge in [-0.15, -0.1) is 0 Å². The Kier molecular flexibility index (Phi) is 5.49. The summed E-state index contributed by atoms with van der Waals surface area (Å²) in [4.78, 5) is 12.0. The third kappa shape index (κ3) is 4.83. The molecule has 1 amide bonds. The first-order valence-electron chi connectivity index (χ1n) is 8.45. The fourth-order valence-corrected chi connectivity index (χ4v) is 2.81. The van der Waals surface area contributed by atoms with Gasteiger partial charge >= 0.3 is 0 Å². The van der Waals surface area contributed by atoms with Crippen molar-refractivity contribution in [3.05, 3.63) is 54.1 Å². The van der Waals surface area contributed by atoms with Gasteiger partial charge in [-0.05, 0) is 68.1 Å². The lowest BCUT2D eigenvalue weighted by Gasteiger charge is -2.10. The average Bonchev–Trinajstić information content (AvgIpc) is 3.08. The van der Waals surface area contributed by atoms with Gasteiger partial charge in [0.2, 0.25) is 5.91 Å². The van der Waals surface area contributed by atoms with Crippen molar-refractivity contribution in [3.63, 3.8) is 0 Å². The molecule has 0 aromatic heterocycles. The molecule has 1 saturated heterocycles. The summed E-state index contributed by atoms with van der Waals surface area (Å²) in [5.41, 5.74) is 1.94. The third-order valence-corrected chi connectivity index (χ3v) is 4.08. The van der Waals surface area contributed by atoms with Crippen molar-refractivity contribution in [1.29, 1.82) is 0 Å². The van der Waals surface area contributed by atoms with E-state index in [1.54, 1.807) is 0 Å². The zero-order valence-corrected chi connectivity index (χ0v) is 14.0. The first-order valence-corrected chi connectivity index (χ1v) is 8.45. The minimum absolute atomic E-state index is 0.0258. The summed E-state index contributed by atoms with van der Waals surface area (Å²) in [5, 5.41) is 2.92. The van der Waals surface area contributed by atoms with Gasteiger partial charge in [0.1, 0.15) is 11.5 Å². The molecule has 1 atom stereocenters. The molecule has 0 spiro atoms. The molecular formula is C20H23NO3. The van der Waals surface area contributed by atoms with Crippen LogP contribution in [0.2, 0.25) is 0 Å². The maximum absolute atomic E-state index is 12.0. The van der Waals surface area contributed by atoms with Crippen LogP contribution in [0.5, 0.6) is 11.5 Å². The van der Waals surface area contributed by atoms with E-state index < -0.39 is 0 Å². The van der Waals surface area contributed by atoms with Crippen molar-refractivity contribution in [1.82, 2.24) is 0 Å². The minimum atomic E-state index is 0.0258. The number of benzene rings is 2. The van der Waals surface area contributed by atoms with Crippen molar-refractivity contribution < 1.29 is 14.3 Å². The van der Waals surface area contributed by atoms with E-state index in [9.17, 15) is 4.79 Å². The molecule has 1 heterocycles. The molecule has 1 aliphatic heterocycles. The van der Waals surface area contributed by atoms with Crippen LogP contribution in [0.25, 0.3) is 0 Å². The fraction of sp³-hybridized carbons (Fsp3) is 0.350. The standard InChI is InChI=1S/C20H23NO3/c1-15-4-2-5-19(14-15)24-18-9-7-16(8-10-18)21-20(22)12-11-17-6-3-13-23-17/h2,4-5,7-10,14,17H,3,6,11-13H2,1H3,(H,21,22). The maximum Gasteiger partial charge on any atom is 0.224 e. The predicted molar refractivity (Wildman–Crippen MR) is 94.5 cm³/mol. The average molecular weight is 325 g/mol. The van der Waals surface area contributed by atoms with Crippen molar-refractivity contribution in [2.24, 2.45) is 0 Å². The molecule has 1 aliphatic rings. The molecule has 3 rings (SSSR count). The van der Waals surface area contributed by atoms with Gasteiger partial charge in [0, 0.05) is 18.7 Å². The molecule has 126 valence electrons. The lowest BCUT2D eigenvalue weighted by Crippen LogP contribution is -2.15. The Morgan fingerprint density at radius 2 is 2.04 bits per heavy atom. The van der Waals surface area contributed by atoms with Crippen LogP contribution in [-0.2, 0) is 9.53 Å². The van der Waals surface area contributed by atoms with Crippen molar-refractivity contribution in [3.8, 4) is 11.5 Å². The van der Waals surface area contributed by atoms with Crippen LogP contribution < -0.4 is 10.1 Å². The summed E-state index contributed by atoms with van der Waals surface area (Å²) in [6, 6.07) is 15.3. The Morgan fingerprint density at radius 3 is 2.75 bits per heavy atom. The van der Waals surface area contributed by atoms with E-state index in [-0.39, 0.29) is 12.0 Å². The number of rotatable bonds is 6. The van der Waals surface area contributed by atoms with Gasteiger partial charge in [0.15, 0.2) is 0 Å². The summed E-state index contributed by atoms with van der Waals surface area (Å²) < 4.78 is 11.3. The summed E-state index contributed by atoms with van der Waals surface area (Å²) in [6.45, 7) is 2.86. The molecule has 2 aromatic carbocycles. The van der Waals surface area contributed by atoms with Crippen molar-refractivity contribution in [2.75, 3.05) is 11.9 Å². The van der Waals surface area contributed by atoms with E-state index >= 15 is 0 Å². The molecule has 4 heteroatoms. The molecule has 0 bridgehead atoms. The molecule has 2 aromatic rings. The molecule has 1 unspecified atom stereocenters. The van der Waals surface area contributed by atoms with Gasteiger partial charge in [-0.1, -0.05) is 12.1 Å². The number of hydrogen-bond donors (Lipinski definition) is 1. The molecule has 0 saturated carbocycles. The Bertz CT molecular complexity index is 676. The van der Waals surface area contributed by atoms with Gasteiger partial charge < -0.3 is 14.8 Å². The largest absolute Gasteiger partial charge is 0.457 e. The summed E-state index contributed by atoms with van der Waals surface area (Å²) >= 11 is 0. The van der Waals surface area contributed by atoms with Gasteiger partial charge in [-0.3, -0.25) is 4.79 Å². The highest BCUT2D eigenvalue weighted by Crippen LogP contribution is 2.24. The molecule has 0 aliphatic carbocycles. The monoisotopic (exact) mass is 325 g/mol. The Balaban J connectivity index is 1.49. The van der Waals surface area contributed by atoms with E-state index in [1.807, 2.05) is 55.5 Å². The predicted octanol–water partition coefficient (Wildman–Crippen LogP) is 4.69. The maximum atomic E-state index is 12.0. The normalized spacial score (nSPS) is 16.8. The Labute approximate surface area is 142 Å². The SMILES string of the molecule is Cc1cccc(Oc2ccc(NC(=O)CCC3CCCO3)cc2)c1. The fourth-order valence-electron chi connectivity index (χ4n) is 2.81. The van der Waals surface area contributed by atoms with Crippen molar-refractivity contribution >= 4 is 11.6 Å².